The Labute approximate surface area is 152 Å². The van der Waals surface area contributed by atoms with Gasteiger partial charge >= 0.3 is 5.97 Å². The lowest BCUT2D eigenvalue weighted by Gasteiger charge is -2.13. The van der Waals surface area contributed by atoms with E-state index in [4.69, 9.17) is 14.7 Å². The lowest BCUT2D eigenvalue weighted by atomic mass is 10.0. The minimum Gasteiger partial charge on any atom is -0.482 e. The van der Waals surface area contributed by atoms with Gasteiger partial charge in [-0.1, -0.05) is 37.3 Å². The summed E-state index contributed by atoms with van der Waals surface area (Å²) >= 11 is 0. The van der Waals surface area contributed by atoms with Gasteiger partial charge < -0.3 is 14.8 Å². The average molecular weight is 352 g/mol. The fourth-order valence-electron chi connectivity index (χ4n) is 2.17. The topological polar surface area (TPSA) is 88.4 Å². The van der Waals surface area contributed by atoms with E-state index >= 15 is 0 Å². The molecule has 0 heterocycles. The number of hydrogen-bond donors (Lipinski definition) is 1. The van der Waals surface area contributed by atoms with E-state index in [2.05, 4.69) is 5.32 Å². The third kappa shape index (κ3) is 6.29. The molecular formula is C20H20N2O4. The molecule has 6 heteroatoms. The molecule has 2 aromatic carbocycles. The van der Waals surface area contributed by atoms with Gasteiger partial charge in [-0.15, -0.1) is 0 Å². The Morgan fingerprint density at radius 3 is 2.42 bits per heavy atom. The molecule has 1 N–H and O–H groups in total. The fraction of sp³-hybridized carbons (Fsp3) is 0.250. The van der Waals surface area contributed by atoms with Crippen LogP contribution in [0.4, 0.5) is 0 Å². The molecule has 6 nitrogen and oxygen atoms in total. The maximum Gasteiger partial charge on any atom is 0.344 e. The van der Waals surface area contributed by atoms with Gasteiger partial charge in [0, 0.05) is 6.54 Å². The summed E-state index contributed by atoms with van der Waals surface area (Å²) in [5.74, 6) is -0.391. The van der Waals surface area contributed by atoms with E-state index in [-0.39, 0.29) is 25.0 Å². The van der Waals surface area contributed by atoms with Crippen molar-refractivity contribution in [3.63, 3.8) is 0 Å². The lowest BCUT2D eigenvalue weighted by molar-refractivity contribution is -0.150. The first kappa shape index (κ1) is 19.0. The second kappa shape index (κ2) is 9.84. The predicted molar refractivity (Wildman–Crippen MR) is 95.5 cm³/mol. The second-order valence-corrected chi connectivity index (χ2v) is 5.70. The number of ether oxygens (including phenoxy) is 2. The van der Waals surface area contributed by atoms with E-state index < -0.39 is 5.97 Å². The highest BCUT2D eigenvalue weighted by atomic mass is 16.6. The van der Waals surface area contributed by atoms with Crippen molar-refractivity contribution >= 4 is 11.9 Å². The zero-order valence-corrected chi connectivity index (χ0v) is 14.5. The van der Waals surface area contributed by atoms with Gasteiger partial charge in [-0.2, -0.15) is 5.26 Å². The summed E-state index contributed by atoms with van der Waals surface area (Å²) in [4.78, 5) is 23.4. The van der Waals surface area contributed by atoms with Gasteiger partial charge in [0.05, 0.1) is 11.6 Å². The molecular weight excluding hydrogens is 332 g/mol. The number of carbonyl (C=O) groups is 2. The molecule has 0 saturated carbocycles. The van der Waals surface area contributed by atoms with Crippen LogP contribution in [0, 0.1) is 11.3 Å². The third-order valence-corrected chi connectivity index (χ3v) is 3.68. The van der Waals surface area contributed by atoms with Crippen LogP contribution < -0.4 is 10.1 Å². The summed E-state index contributed by atoms with van der Waals surface area (Å²) in [7, 11) is 0. The van der Waals surface area contributed by atoms with Crippen LogP contribution in [-0.2, 0) is 14.3 Å². The number of amides is 1. The van der Waals surface area contributed by atoms with Crippen LogP contribution >= 0.6 is 0 Å². The third-order valence-electron chi connectivity index (χ3n) is 3.68. The predicted octanol–water partition coefficient (Wildman–Crippen LogP) is 2.40. The van der Waals surface area contributed by atoms with E-state index in [1.807, 2.05) is 43.3 Å². The molecule has 0 saturated heterocycles. The highest BCUT2D eigenvalue weighted by Crippen LogP contribution is 2.13. The molecule has 0 spiro atoms. The van der Waals surface area contributed by atoms with Gasteiger partial charge in [-0.25, -0.2) is 4.79 Å². The van der Waals surface area contributed by atoms with E-state index in [9.17, 15) is 9.59 Å². The number of nitrogens with zero attached hydrogens (tertiary/aromatic N) is 1. The molecule has 0 aliphatic heterocycles. The van der Waals surface area contributed by atoms with E-state index in [1.54, 1.807) is 24.3 Å². The Hall–Kier alpha value is -3.33. The minimum absolute atomic E-state index is 0.163. The first-order chi connectivity index (χ1) is 12.6. The summed E-state index contributed by atoms with van der Waals surface area (Å²) in [6, 6.07) is 18.2. The maximum atomic E-state index is 11.8. The number of benzene rings is 2. The zero-order chi connectivity index (χ0) is 18.8. The van der Waals surface area contributed by atoms with Crippen LogP contribution in [-0.4, -0.2) is 31.6 Å². The normalized spacial score (nSPS) is 11.1. The molecule has 0 aliphatic rings. The fourth-order valence-corrected chi connectivity index (χ4v) is 2.17. The molecule has 0 aromatic heterocycles. The standard InChI is InChI=1S/C20H20N2O4/c1-15(17-5-3-2-4-6-17)12-22-19(23)13-26-20(24)14-25-18-9-7-16(11-21)8-10-18/h2-10,15H,12-14H2,1H3,(H,22,23)/t15-/m1/s1. The van der Waals surface area contributed by atoms with Gasteiger partial charge in [0.1, 0.15) is 5.75 Å². The monoisotopic (exact) mass is 352 g/mol. The van der Waals surface area contributed by atoms with Gasteiger partial charge in [0.15, 0.2) is 13.2 Å². The second-order valence-electron chi connectivity index (χ2n) is 5.70. The number of rotatable bonds is 8. The van der Waals surface area contributed by atoms with Crippen LogP contribution in [0.25, 0.3) is 0 Å². The van der Waals surface area contributed by atoms with Gasteiger partial charge in [-0.3, -0.25) is 4.79 Å². The lowest BCUT2D eigenvalue weighted by Crippen LogP contribution is -2.32. The number of nitriles is 1. The van der Waals surface area contributed by atoms with Crippen molar-refractivity contribution in [2.75, 3.05) is 19.8 Å². The minimum atomic E-state index is -0.638. The van der Waals surface area contributed by atoms with Gasteiger partial charge in [0.25, 0.3) is 5.91 Å². The molecule has 0 aliphatic carbocycles. The number of hydrogen-bond acceptors (Lipinski definition) is 5. The van der Waals surface area contributed by atoms with Gasteiger partial charge in [0.2, 0.25) is 0 Å². The summed E-state index contributed by atoms with van der Waals surface area (Å²) in [6.07, 6.45) is 0. The highest BCUT2D eigenvalue weighted by Gasteiger charge is 2.10. The van der Waals surface area contributed by atoms with Crippen molar-refractivity contribution in [3.8, 4) is 11.8 Å². The first-order valence-electron chi connectivity index (χ1n) is 8.18. The molecule has 0 fully saturated rings. The van der Waals surface area contributed by atoms with E-state index in [0.29, 0.717) is 17.9 Å². The van der Waals surface area contributed by atoms with Crippen LogP contribution in [0.1, 0.15) is 24.0 Å². The zero-order valence-electron chi connectivity index (χ0n) is 14.5. The molecule has 0 bridgehead atoms. The van der Waals surface area contributed by atoms with Gasteiger partial charge in [-0.05, 0) is 35.7 Å². The Morgan fingerprint density at radius 2 is 1.77 bits per heavy atom. The largest absolute Gasteiger partial charge is 0.482 e. The Kier molecular flexibility index (Phi) is 7.19. The molecule has 0 radical (unpaired) electrons. The quantitative estimate of drug-likeness (QED) is 0.737. The average Bonchev–Trinajstić information content (AvgIpc) is 2.69. The molecule has 2 rings (SSSR count). The van der Waals surface area contributed by atoms with Crippen molar-refractivity contribution in [2.45, 2.75) is 12.8 Å². The molecule has 26 heavy (non-hydrogen) atoms. The van der Waals surface area contributed by atoms with Crippen molar-refractivity contribution < 1.29 is 19.1 Å². The maximum absolute atomic E-state index is 11.8. The summed E-state index contributed by atoms with van der Waals surface area (Å²) in [5.41, 5.74) is 1.63. The van der Waals surface area contributed by atoms with Crippen LogP contribution in [0.2, 0.25) is 0 Å². The van der Waals surface area contributed by atoms with Crippen LogP contribution in [0.3, 0.4) is 0 Å². The molecule has 134 valence electrons. The Morgan fingerprint density at radius 1 is 1.08 bits per heavy atom. The smallest absolute Gasteiger partial charge is 0.344 e. The highest BCUT2D eigenvalue weighted by molar-refractivity contribution is 5.80. The van der Waals surface area contributed by atoms with E-state index in [0.717, 1.165) is 5.56 Å². The number of nitrogens with one attached hydrogen (secondary N) is 1. The summed E-state index contributed by atoms with van der Waals surface area (Å²) in [6.45, 7) is 1.81. The van der Waals surface area contributed by atoms with Crippen molar-refractivity contribution in [1.29, 1.82) is 5.26 Å². The molecule has 2 aromatic rings. The first-order valence-corrected chi connectivity index (χ1v) is 8.18. The molecule has 1 atom stereocenters. The Bertz CT molecular complexity index is 767. The summed E-state index contributed by atoms with van der Waals surface area (Å²) < 4.78 is 10.1. The van der Waals surface area contributed by atoms with Crippen LogP contribution in [0.5, 0.6) is 5.75 Å². The Balaban J connectivity index is 1.65. The van der Waals surface area contributed by atoms with Crippen LogP contribution in [0.15, 0.2) is 54.6 Å². The van der Waals surface area contributed by atoms with Crippen molar-refractivity contribution in [3.05, 3.63) is 65.7 Å². The van der Waals surface area contributed by atoms with Crippen molar-refractivity contribution in [2.24, 2.45) is 0 Å². The van der Waals surface area contributed by atoms with E-state index in [1.165, 1.54) is 0 Å². The molecule has 0 unspecified atom stereocenters. The molecule has 1 amide bonds. The number of carbonyl (C=O) groups excluding carboxylic acids is 2. The SMILES string of the molecule is C[C@H](CNC(=O)COC(=O)COc1ccc(C#N)cc1)c1ccccc1. The number of esters is 1. The van der Waals surface area contributed by atoms with Crippen molar-refractivity contribution in [1.82, 2.24) is 5.32 Å². The summed E-state index contributed by atoms with van der Waals surface area (Å²) in [5, 5.41) is 11.4.